The molecule has 5 rings (SSSR count). The summed E-state index contributed by atoms with van der Waals surface area (Å²) >= 11 is 0. The van der Waals surface area contributed by atoms with Gasteiger partial charge in [0.25, 0.3) is 11.8 Å². The van der Waals surface area contributed by atoms with Gasteiger partial charge in [0.05, 0.1) is 5.39 Å². The molecule has 0 N–H and O–H groups in total. The average Bonchev–Trinajstić information content (AvgIpc) is 3.31. The largest absolute Gasteiger partial charge is 0.573 e. The first kappa shape index (κ1) is 19.4. The molecule has 7 nitrogen and oxygen atoms in total. The molecule has 1 aliphatic carbocycles. The number of halogens is 3. The van der Waals surface area contributed by atoms with E-state index in [0.717, 1.165) is 24.0 Å². The summed E-state index contributed by atoms with van der Waals surface area (Å²) in [5.74, 6) is 1.31. The molecule has 2 heterocycles. The van der Waals surface area contributed by atoms with E-state index in [4.69, 9.17) is 13.7 Å². The maximum Gasteiger partial charge on any atom is 0.573 e. The van der Waals surface area contributed by atoms with Crippen LogP contribution < -0.4 is 9.47 Å². The molecule has 0 bridgehead atoms. The molecule has 160 valence electrons. The first-order chi connectivity index (χ1) is 14.9. The number of hydrogen-bond donors (Lipinski definition) is 0. The summed E-state index contributed by atoms with van der Waals surface area (Å²) in [7, 11) is 0. The summed E-state index contributed by atoms with van der Waals surface area (Å²) in [5, 5.41) is 12.6. The number of benzene rings is 2. The van der Waals surface area contributed by atoms with Crippen molar-refractivity contribution in [3.05, 3.63) is 53.7 Å². The van der Waals surface area contributed by atoms with E-state index in [1.54, 1.807) is 18.2 Å². The standard InChI is InChI=1S/C21H16F3N3O4/c1-11-8-14(12-4-6-15(7-5-12)30-21(22,23)24)9-16-18(11)31-27-20(16)28-10-17-25-26-19(29-17)13-2-3-13/h4-9,13H,2-3,10H2,1H3. The third-order valence-corrected chi connectivity index (χ3v) is 4.89. The van der Waals surface area contributed by atoms with E-state index >= 15 is 0 Å². The van der Waals surface area contributed by atoms with E-state index in [9.17, 15) is 13.2 Å². The Morgan fingerprint density at radius 3 is 2.55 bits per heavy atom. The molecule has 0 unspecified atom stereocenters. The van der Waals surface area contributed by atoms with Crippen LogP contribution in [0.3, 0.4) is 0 Å². The molecule has 1 aliphatic rings. The van der Waals surface area contributed by atoms with Gasteiger partial charge in [0.15, 0.2) is 12.2 Å². The summed E-state index contributed by atoms with van der Waals surface area (Å²) in [6, 6.07) is 9.29. The minimum atomic E-state index is -4.73. The maximum atomic E-state index is 12.4. The minimum Gasteiger partial charge on any atom is -0.465 e. The second-order valence-corrected chi connectivity index (χ2v) is 7.33. The van der Waals surface area contributed by atoms with E-state index in [1.165, 1.54) is 12.1 Å². The van der Waals surface area contributed by atoms with Gasteiger partial charge in [-0.25, -0.2) is 0 Å². The Labute approximate surface area is 173 Å². The van der Waals surface area contributed by atoms with Gasteiger partial charge in [-0.15, -0.1) is 23.4 Å². The van der Waals surface area contributed by atoms with E-state index in [-0.39, 0.29) is 18.2 Å². The van der Waals surface area contributed by atoms with Crippen LogP contribution in [0.4, 0.5) is 13.2 Å². The summed E-state index contributed by atoms with van der Waals surface area (Å²) < 4.78 is 57.8. The number of ether oxygens (including phenoxy) is 2. The third-order valence-electron chi connectivity index (χ3n) is 4.89. The Hall–Kier alpha value is -3.56. The number of hydrogen-bond acceptors (Lipinski definition) is 7. The number of nitrogens with zero attached hydrogens (tertiary/aromatic N) is 3. The van der Waals surface area contributed by atoms with Crippen molar-refractivity contribution < 1.29 is 31.6 Å². The smallest absolute Gasteiger partial charge is 0.465 e. The Balaban J connectivity index is 1.38. The number of fused-ring (bicyclic) bond motifs is 1. The van der Waals surface area contributed by atoms with Gasteiger partial charge in [0.1, 0.15) is 5.75 Å². The molecule has 2 aromatic heterocycles. The zero-order valence-corrected chi connectivity index (χ0v) is 16.3. The average molecular weight is 431 g/mol. The van der Waals surface area contributed by atoms with Gasteiger partial charge in [0.2, 0.25) is 5.89 Å². The molecular weight excluding hydrogens is 415 g/mol. The predicted molar refractivity (Wildman–Crippen MR) is 101 cm³/mol. The molecule has 0 saturated heterocycles. The van der Waals surface area contributed by atoms with E-state index in [2.05, 4.69) is 20.1 Å². The lowest BCUT2D eigenvalue weighted by Crippen LogP contribution is -2.16. The molecule has 1 fully saturated rings. The first-order valence-corrected chi connectivity index (χ1v) is 9.57. The van der Waals surface area contributed by atoms with Crippen LogP contribution in [-0.4, -0.2) is 21.7 Å². The first-order valence-electron chi connectivity index (χ1n) is 9.57. The Bertz CT molecular complexity index is 1230. The fraction of sp³-hybridized carbons (Fsp3) is 0.286. The number of aromatic nitrogens is 3. The van der Waals surface area contributed by atoms with Crippen LogP contribution in [0, 0.1) is 6.92 Å². The molecule has 0 atom stereocenters. The van der Waals surface area contributed by atoms with E-state index in [1.807, 2.05) is 13.0 Å². The van der Waals surface area contributed by atoms with Crippen LogP contribution in [0.5, 0.6) is 11.6 Å². The van der Waals surface area contributed by atoms with Crippen LogP contribution in [0.15, 0.2) is 45.3 Å². The van der Waals surface area contributed by atoms with Crippen molar-refractivity contribution >= 4 is 11.0 Å². The monoisotopic (exact) mass is 431 g/mol. The molecular formula is C21H16F3N3O4. The van der Waals surface area contributed by atoms with Gasteiger partial charge < -0.3 is 18.4 Å². The SMILES string of the molecule is Cc1cc(-c2ccc(OC(F)(F)F)cc2)cc2c(OCc3nnc(C4CC4)o3)noc12. The molecule has 1 saturated carbocycles. The van der Waals surface area contributed by atoms with Gasteiger partial charge in [-0.1, -0.05) is 12.1 Å². The number of alkyl halides is 3. The summed E-state index contributed by atoms with van der Waals surface area (Å²) in [6.07, 6.45) is -2.62. The quantitative estimate of drug-likeness (QED) is 0.396. The lowest BCUT2D eigenvalue weighted by Gasteiger charge is -2.10. The summed E-state index contributed by atoms with van der Waals surface area (Å²) in [4.78, 5) is 0. The van der Waals surface area contributed by atoms with Gasteiger partial charge >= 0.3 is 6.36 Å². The lowest BCUT2D eigenvalue weighted by atomic mass is 10.0. The molecule has 4 aromatic rings. The second-order valence-electron chi connectivity index (χ2n) is 7.33. The van der Waals surface area contributed by atoms with Crippen molar-refractivity contribution in [2.24, 2.45) is 0 Å². The van der Waals surface area contributed by atoms with Crippen molar-refractivity contribution in [2.75, 3.05) is 0 Å². The summed E-state index contributed by atoms with van der Waals surface area (Å²) in [6.45, 7) is 1.90. The molecule has 0 amide bonds. The van der Waals surface area contributed by atoms with Crippen molar-refractivity contribution in [3.63, 3.8) is 0 Å². The van der Waals surface area contributed by atoms with E-state index in [0.29, 0.717) is 34.2 Å². The molecule has 0 radical (unpaired) electrons. The minimum absolute atomic E-state index is 0.0497. The van der Waals surface area contributed by atoms with Crippen LogP contribution >= 0.6 is 0 Å². The van der Waals surface area contributed by atoms with Crippen LogP contribution in [-0.2, 0) is 6.61 Å². The topological polar surface area (TPSA) is 83.4 Å². The third kappa shape index (κ3) is 4.18. The van der Waals surface area contributed by atoms with E-state index < -0.39 is 6.36 Å². The highest BCUT2D eigenvalue weighted by molar-refractivity contribution is 5.89. The normalized spacial score (nSPS) is 14.2. The second kappa shape index (κ2) is 7.29. The highest BCUT2D eigenvalue weighted by Crippen LogP contribution is 2.39. The lowest BCUT2D eigenvalue weighted by molar-refractivity contribution is -0.274. The Kier molecular flexibility index (Phi) is 4.57. The zero-order valence-electron chi connectivity index (χ0n) is 16.3. The van der Waals surface area contributed by atoms with Crippen LogP contribution in [0.1, 0.15) is 36.1 Å². The molecule has 0 aliphatic heterocycles. The summed E-state index contributed by atoms with van der Waals surface area (Å²) in [5.41, 5.74) is 2.84. The molecule has 31 heavy (non-hydrogen) atoms. The van der Waals surface area contributed by atoms with Crippen molar-refractivity contribution in [2.45, 2.75) is 38.7 Å². The van der Waals surface area contributed by atoms with Crippen molar-refractivity contribution in [3.8, 4) is 22.8 Å². The number of rotatable bonds is 6. The Morgan fingerprint density at radius 1 is 1.06 bits per heavy atom. The Morgan fingerprint density at radius 2 is 1.84 bits per heavy atom. The van der Waals surface area contributed by atoms with Gasteiger partial charge in [-0.2, -0.15) is 0 Å². The zero-order chi connectivity index (χ0) is 21.6. The highest BCUT2D eigenvalue weighted by atomic mass is 19.4. The fourth-order valence-corrected chi connectivity index (χ4v) is 3.26. The van der Waals surface area contributed by atoms with Gasteiger partial charge in [0, 0.05) is 5.92 Å². The van der Waals surface area contributed by atoms with Gasteiger partial charge in [-0.3, -0.25) is 0 Å². The maximum absolute atomic E-state index is 12.4. The van der Waals surface area contributed by atoms with Crippen molar-refractivity contribution in [1.29, 1.82) is 0 Å². The molecule has 2 aromatic carbocycles. The fourth-order valence-electron chi connectivity index (χ4n) is 3.26. The van der Waals surface area contributed by atoms with Gasteiger partial charge in [-0.05, 0) is 65.9 Å². The van der Waals surface area contributed by atoms with Crippen LogP contribution in [0.25, 0.3) is 22.1 Å². The number of aryl methyl sites for hydroxylation is 1. The van der Waals surface area contributed by atoms with Crippen LogP contribution in [0.2, 0.25) is 0 Å². The molecule has 10 heteroatoms. The predicted octanol–water partition coefficient (Wildman–Crippen LogP) is 5.54. The molecule has 0 spiro atoms. The van der Waals surface area contributed by atoms with Crippen molar-refractivity contribution in [1.82, 2.24) is 15.4 Å². The highest BCUT2D eigenvalue weighted by Gasteiger charge is 2.31.